The number of aliphatic hydroxyl groups excluding tert-OH is 1. The van der Waals surface area contributed by atoms with Crippen LogP contribution in [0.3, 0.4) is 0 Å². The molecule has 1 aromatic carbocycles. The van der Waals surface area contributed by atoms with Crippen molar-refractivity contribution in [1.29, 1.82) is 0 Å². The highest BCUT2D eigenvalue weighted by molar-refractivity contribution is 8.09. The number of aliphatic hydroxyl groups is 1. The summed E-state index contributed by atoms with van der Waals surface area (Å²) in [6.07, 6.45) is -3.94. The van der Waals surface area contributed by atoms with Gasteiger partial charge in [-0.25, -0.2) is 14.5 Å². The Morgan fingerprint density at radius 3 is 2.69 bits per heavy atom. The number of para-hydroxylation sites is 1. The number of nitrogens with two attached hydrogens (primary N) is 2. The molecule has 0 spiro atoms. The summed E-state index contributed by atoms with van der Waals surface area (Å²) in [5.41, 5.74) is 11.7. The summed E-state index contributed by atoms with van der Waals surface area (Å²) in [4.78, 5) is 24.4. The third-order valence-electron chi connectivity index (χ3n) is 5.53. The Kier molecular flexibility index (Phi) is 8.61. The smallest absolute Gasteiger partial charge is 0.323 e. The van der Waals surface area contributed by atoms with Crippen molar-refractivity contribution < 1.29 is 32.8 Å². The molecule has 3 heterocycles. The number of rotatable bonds is 10. The van der Waals surface area contributed by atoms with E-state index in [0.29, 0.717) is 5.75 Å². The Balaban J connectivity index is 1.55. The number of hydrogen-bond donors (Lipinski definition) is 4. The van der Waals surface area contributed by atoms with Gasteiger partial charge in [-0.3, -0.25) is 9.36 Å². The van der Waals surface area contributed by atoms with Crippen LogP contribution in [-0.2, 0) is 30.6 Å². The molecule has 6 N–H and O–H groups in total. The van der Waals surface area contributed by atoms with Gasteiger partial charge >= 0.3 is 12.6 Å². The average Bonchev–Trinajstić information content (AvgIpc) is 3.36. The first-order valence-corrected chi connectivity index (χ1v) is 14.8. The number of carbonyl (C=O) groups is 1. The minimum absolute atomic E-state index is 0.0244. The van der Waals surface area contributed by atoms with Crippen molar-refractivity contribution in [2.24, 2.45) is 0 Å². The van der Waals surface area contributed by atoms with Crippen LogP contribution in [0.5, 0.6) is 5.75 Å². The number of alkyl halides is 2. The molecule has 0 amide bonds. The van der Waals surface area contributed by atoms with Gasteiger partial charge in [0.2, 0.25) is 5.95 Å². The van der Waals surface area contributed by atoms with Gasteiger partial charge in [0.25, 0.3) is 5.13 Å². The summed E-state index contributed by atoms with van der Waals surface area (Å²) in [5, 5.41) is 10.8. The molecule has 1 fully saturated rings. The van der Waals surface area contributed by atoms with Crippen LogP contribution in [-0.4, -0.2) is 66.7 Å². The molecule has 0 radical (unpaired) electrons. The van der Waals surface area contributed by atoms with Gasteiger partial charge in [0.15, 0.2) is 17.7 Å². The van der Waals surface area contributed by atoms with Crippen molar-refractivity contribution in [3.8, 4) is 5.75 Å². The SMILES string of the molecule is CC(C)OC(=O)[C@@H](C)N[P@](=S)(OC[C@H]1O[C@@H](n2cnc3c(N)nc(N)nc32)[C@](F)(Cl)[C@@H]1O)Oc1ccccc1. The topological polar surface area (TPSA) is 182 Å². The first kappa shape index (κ1) is 29.3. The van der Waals surface area contributed by atoms with E-state index in [1.54, 1.807) is 44.2 Å². The molecule has 212 valence electrons. The van der Waals surface area contributed by atoms with Gasteiger partial charge in [-0.2, -0.15) is 9.97 Å². The number of nitrogens with zero attached hydrogens (tertiary/aromatic N) is 4. The van der Waals surface area contributed by atoms with Crippen LogP contribution in [0, 0.1) is 0 Å². The summed E-state index contributed by atoms with van der Waals surface area (Å²) in [7, 11) is 0. The van der Waals surface area contributed by atoms with E-state index in [2.05, 4.69) is 20.0 Å². The average molecular weight is 604 g/mol. The number of imidazole rings is 1. The highest BCUT2D eigenvalue weighted by Crippen LogP contribution is 2.49. The van der Waals surface area contributed by atoms with Crippen LogP contribution in [0.25, 0.3) is 11.2 Å². The number of esters is 1. The number of fused-ring (bicyclic) bond motifs is 1. The summed E-state index contributed by atoms with van der Waals surface area (Å²) in [6, 6.07) is 7.62. The molecule has 3 aromatic rings. The summed E-state index contributed by atoms with van der Waals surface area (Å²) < 4.78 is 39.6. The molecule has 17 heteroatoms. The number of aromatic nitrogens is 4. The predicted molar refractivity (Wildman–Crippen MR) is 145 cm³/mol. The van der Waals surface area contributed by atoms with Crippen LogP contribution in [0.1, 0.15) is 27.0 Å². The number of anilines is 2. The van der Waals surface area contributed by atoms with E-state index in [0.717, 1.165) is 4.57 Å². The molecule has 0 unspecified atom stereocenters. The lowest BCUT2D eigenvalue weighted by Crippen LogP contribution is -2.40. The minimum Gasteiger partial charge on any atom is -0.462 e. The van der Waals surface area contributed by atoms with Gasteiger partial charge < -0.3 is 35.1 Å². The number of carbonyl (C=O) groups excluding carboxylic acids is 1. The predicted octanol–water partition coefficient (Wildman–Crippen LogP) is 2.40. The third-order valence-corrected chi connectivity index (χ3v) is 8.44. The Hall–Kier alpha value is -2.65. The fourth-order valence-electron chi connectivity index (χ4n) is 3.74. The van der Waals surface area contributed by atoms with Crippen molar-refractivity contribution in [2.45, 2.75) is 56.5 Å². The van der Waals surface area contributed by atoms with Gasteiger partial charge in [-0.1, -0.05) is 29.8 Å². The lowest BCUT2D eigenvalue weighted by atomic mass is 10.1. The zero-order valence-corrected chi connectivity index (χ0v) is 23.6. The second kappa shape index (κ2) is 11.5. The zero-order chi connectivity index (χ0) is 28.5. The van der Waals surface area contributed by atoms with E-state index in [1.807, 2.05) is 0 Å². The minimum atomic E-state index is -3.49. The van der Waals surface area contributed by atoms with E-state index >= 15 is 4.39 Å². The molecule has 1 aliphatic rings. The maximum atomic E-state index is 15.7. The molecule has 0 saturated carbocycles. The largest absolute Gasteiger partial charge is 0.462 e. The molecule has 39 heavy (non-hydrogen) atoms. The second-order valence-corrected chi connectivity index (χ2v) is 12.7. The van der Waals surface area contributed by atoms with Crippen LogP contribution in [0.4, 0.5) is 16.2 Å². The molecule has 0 bridgehead atoms. The van der Waals surface area contributed by atoms with Crippen LogP contribution < -0.4 is 21.1 Å². The molecule has 1 aliphatic heterocycles. The summed E-state index contributed by atoms with van der Waals surface area (Å²) in [6.45, 7) is 1.01. The Labute approximate surface area is 233 Å². The molecule has 2 aromatic heterocycles. The van der Waals surface area contributed by atoms with Crippen molar-refractivity contribution >= 4 is 58.9 Å². The Bertz CT molecular complexity index is 1380. The number of ether oxygens (including phenoxy) is 2. The lowest BCUT2D eigenvalue weighted by molar-refractivity contribution is -0.149. The van der Waals surface area contributed by atoms with Crippen molar-refractivity contribution in [3.05, 3.63) is 36.7 Å². The Morgan fingerprint density at radius 2 is 2.03 bits per heavy atom. The van der Waals surface area contributed by atoms with Crippen molar-refractivity contribution in [1.82, 2.24) is 24.6 Å². The van der Waals surface area contributed by atoms with Gasteiger partial charge in [-0.15, -0.1) is 0 Å². The van der Waals surface area contributed by atoms with Crippen molar-refractivity contribution in [3.63, 3.8) is 0 Å². The summed E-state index contributed by atoms with van der Waals surface area (Å²) in [5.74, 6) is -0.411. The molecule has 4 rings (SSSR count). The number of halogens is 2. The zero-order valence-electron chi connectivity index (χ0n) is 21.1. The fraction of sp³-hybridized carbons (Fsp3) is 0.455. The van der Waals surface area contributed by atoms with Crippen LogP contribution in [0.2, 0.25) is 0 Å². The molecule has 6 atom stereocenters. The molecule has 0 aliphatic carbocycles. The quantitative estimate of drug-likeness (QED) is 0.151. The van der Waals surface area contributed by atoms with E-state index in [9.17, 15) is 9.90 Å². The monoisotopic (exact) mass is 603 g/mol. The van der Waals surface area contributed by atoms with Crippen LogP contribution in [0.15, 0.2) is 36.7 Å². The van der Waals surface area contributed by atoms with E-state index in [4.69, 9.17) is 53.4 Å². The first-order chi connectivity index (χ1) is 18.3. The second-order valence-electron chi connectivity index (χ2n) is 8.97. The highest BCUT2D eigenvalue weighted by atomic mass is 35.5. The molecule has 13 nitrogen and oxygen atoms in total. The van der Waals surface area contributed by atoms with E-state index < -0.39 is 48.8 Å². The standard InChI is InChI=1S/C22H28ClFN7O6PS/c1-11(2)35-19(33)12(3)30-38(39,37-13-7-5-4-6-8-13)34-9-14-16(32)22(23,24)20(36-14)31-10-27-15-17(25)28-21(26)29-18(15)31/h4-8,10-12,14,16,20,32H,9H2,1-3H3,(H,30,39)(H4,25,26,28,29)/t12-,14-,16-,20-,22+,38+/m1/s1. The number of nitrogens with one attached hydrogen (secondary N) is 1. The maximum absolute atomic E-state index is 15.7. The molecular weight excluding hydrogens is 576 g/mol. The number of hydrogen-bond acceptors (Lipinski definition) is 12. The van der Waals surface area contributed by atoms with E-state index in [-0.39, 0.29) is 29.0 Å². The molecular formula is C22H28ClFN7O6PS. The fourth-order valence-corrected chi connectivity index (χ4v) is 6.45. The Morgan fingerprint density at radius 1 is 1.33 bits per heavy atom. The third kappa shape index (κ3) is 6.40. The van der Waals surface area contributed by atoms with Crippen molar-refractivity contribution in [2.75, 3.05) is 18.1 Å². The van der Waals surface area contributed by atoms with E-state index in [1.165, 1.54) is 13.3 Å². The molecule has 1 saturated heterocycles. The number of benzene rings is 1. The normalized spacial score (nSPS) is 25.5. The first-order valence-electron chi connectivity index (χ1n) is 11.7. The van der Waals surface area contributed by atoms with Gasteiger partial charge in [0.1, 0.15) is 29.5 Å². The van der Waals surface area contributed by atoms with Gasteiger partial charge in [-0.05, 0) is 44.7 Å². The maximum Gasteiger partial charge on any atom is 0.323 e. The lowest BCUT2D eigenvalue weighted by Gasteiger charge is -2.28. The van der Waals surface area contributed by atoms with Gasteiger partial charge in [0, 0.05) is 0 Å². The summed E-state index contributed by atoms with van der Waals surface area (Å²) >= 11 is 11.8. The van der Waals surface area contributed by atoms with Gasteiger partial charge in [0.05, 0.1) is 19.0 Å². The number of nitrogen functional groups attached to an aromatic ring is 2. The van der Waals surface area contributed by atoms with Crippen LogP contribution >= 0.6 is 18.2 Å². The highest BCUT2D eigenvalue weighted by Gasteiger charge is 2.58.